The Morgan fingerprint density at radius 2 is 1.72 bits per heavy atom. The highest BCUT2D eigenvalue weighted by Crippen LogP contribution is 2.20. The number of rotatable bonds is 8. The SMILES string of the molecule is CCN(CC)S(=O)(=O)c1ccc(OCC(=O)NC2CCCCC2)cc1. The van der Waals surface area contributed by atoms with E-state index in [1.54, 1.807) is 12.1 Å². The summed E-state index contributed by atoms with van der Waals surface area (Å²) in [5.74, 6) is 0.351. The molecular formula is C18H28N2O4S. The Morgan fingerprint density at radius 1 is 1.12 bits per heavy atom. The average Bonchev–Trinajstić information content (AvgIpc) is 2.62. The van der Waals surface area contributed by atoms with E-state index in [4.69, 9.17) is 4.74 Å². The van der Waals surface area contributed by atoms with Gasteiger partial charge >= 0.3 is 0 Å². The van der Waals surface area contributed by atoms with Crippen LogP contribution in [-0.4, -0.2) is 44.4 Å². The Hall–Kier alpha value is -1.60. The lowest BCUT2D eigenvalue weighted by atomic mass is 9.95. The summed E-state index contributed by atoms with van der Waals surface area (Å²) < 4.78 is 31.7. The Bertz CT molecular complexity index is 648. The van der Waals surface area contributed by atoms with E-state index in [1.807, 2.05) is 13.8 Å². The van der Waals surface area contributed by atoms with Crippen molar-refractivity contribution in [2.24, 2.45) is 0 Å². The van der Waals surface area contributed by atoms with E-state index in [-0.39, 0.29) is 23.5 Å². The van der Waals surface area contributed by atoms with Crippen LogP contribution in [0.5, 0.6) is 5.75 Å². The summed E-state index contributed by atoms with van der Waals surface area (Å²) in [5, 5.41) is 2.99. The largest absolute Gasteiger partial charge is 0.484 e. The molecule has 1 fully saturated rings. The maximum Gasteiger partial charge on any atom is 0.258 e. The van der Waals surface area contributed by atoms with Crippen LogP contribution < -0.4 is 10.1 Å². The smallest absolute Gasteiger partial charge is 0.258 e. The number of carbonyl (C=O) groups excluding carboxylic acids is 1. The van der Waals surface area contributed by atoms with Crippen LogP contribution in [0.2, 0.25) is 0 Å². The van der Waals surface area contributed by atoms with Crippen LogP contribution in [0, 0.1) is 0 Å². The van der Waals surface area contributed by atoms with Crippen molar-refractivity contribution >= 4 is 15.9 Å². The molecule has 2 rings (SSSR count). The van der Waals surface area contributed by atoms with Crippen molar-refractivity contribution in [3.8, 4) is 5.75 Å². The number of nitrogens with one attached hydrogen (secondary N) is 1. The molecule has 1 aliphatic rings. The van der Waals surface area contributed by atoms with Crippen molar-refractivity contribution in [3.63, 3.8) is 0 Å². The van der Waals surface area contributed by atoms with E-state index in [2.05, 4.69) is 5.32 Å². The third-order valence-electron chi connectivity index (χ3n) is 4.51. The van der Waals surface area contributed by atoms with Crippen molar-refractivity contribution in [2.75, 3.05) is 19.7 Å². The summed E-state index contributed by atoms with van der Waals surface area (Å²) in [6.45, 7) is 4.42. The topological polar surface area (TPSA) is 75.7 Å². The minimum atomic E-state index is -3.47. The van der Waals surface area contributed by atoms with E-state index < -0.39 is 10.0 Å². The fraction of sp³-hybridized carbons (Fsp3) is 0.611. The zero-order valence-corrected chi connectivity index (χ0v) is 15.8. The molecule has 0 radical (unpaired) electrons. The Kier molecular flexibility index (Phi) is 7.25. The Labute approximate surface area is 150 Å². The number of amides is 1. The van der Waals surface area contributed by atoms with Gasteiger partial charge in [0.05, 0.1) is 4.90 Å². The number of carbonyl (C=O) groups is 1. The van der Waals surface area contributed by atoms with Gasteiger partial charge in [-0.1, -0.05) is 33.1 Å². The number of hydrogen-bond acceptors (Lipinski definition) is 4. The normalized spacial score (nSPS) is 16.0. The molecule has 1 aromatic carbocycles. The zero-order valence-electron chi connectivity index (χ0n) is 15.0. The lowest BCUT2D eigenvalue weighted by molar-refractivity contribution is -0.124. The molecule has 0 atom stereocenters. The molecule has 0 saturated heterocycles. The molecule has 0 unspecified atom stereocenters. The molecule has 1 amide bonds. The predicted octanol–water partition coefficient (Wildman–Crippen LogP) is 2.54. The fourth-order valence-corrected chi connectivity index (χ4v) is 4.54. The summed E-state index contributed by atoms with van der Waals surface area (Å²) in [6, 6.07) is 6.46. The summed E-state index contributed by atoms with van der Waals surface area (Å²) in [7, 11) is -3.47. The van der Waals surface area contributed by atoms with Crippen molar-refractivity contribution in [1.29, 1.82) is 0 Å². The molecule has 1 N–H and O–H groups in total. The van der Waals surface area contributed by atoms with Gasteiger partial charge in [0, 0.05) is 19.1 Å². The summed E-state index contributed by atoms with van der Waals surface area (Å²) >= 11 is 0. The number of nitrogens with zero attached hydrogens (tertiary/aromatic N) is 1. The van der Waals surface area contributed by atoms with Crippen LogP contribution in [-0.2, 0) is 14.8 Å². The third kappa shape index (κ3) is 5.44. The zero-order chi connectivity index (χ0) is 18.3. The standard InChI is InChI=1S/C18H28N2O4S/c1-3-20(4-2)25(22,23)17-12-10-16(11-13-17)24-14-18(21)19-15-8-6-5-7-9-15/h10-13,15H,3-9,14H2,1-2H3,(H,19,21). The first-order valence-electron chi connectivity index (χ1n) is 8.99. The highest BCUT2D eigenvalue weighted by molar-refractivity contribution is 7.89. The van der Waals surface area contributed by atoms with Crippen LogP contribution in [0.25, 0.3) is 0 Å². The van der Waals surface area contributed by atoms with Gasteiger partial charge in [-0.15, -0.1) is 0 Å². The van der Waals surface area contributed by atoms with Gasteiger partial charge in [-0.05, 0) is 37.1 Å². The quantitative estimate of drug-likeness (QED) is 0.765. The monoisotopic (exact) mass is 368 g/mol. The second-order valence-corrected chi connectivity index (χ2v) is 8.19. The maximum atomic E-state index is 12.4. The van der Waals surface area contributed by atoms with Gasteiger partial charge in [-0.25, -0.2) is 8.42 Å². The molecular weight excluding hydrogens is 340 g/mol. The van der Waals surface area contributed by atoms with Crippen LogP contribution >= 0.6 is 0 Å². The Morgan fingerprint density at radius 3 is 2.28 bits per heavy atom. The molecule has 0 heterocycles. The van der Waals surface area contributed by atoms with Crippen molar-refractivity contribution in [1.82, 2.24) is 9.62 Å². The molecule has 25 heavy (non-hydrogen) atoms. The molecule has 0 aliphatic heterocycles. The summed E-state index contributed by atoms with van der Waals surface area (Å²) in [4.78, 5) is 12.2. The van der Waals surface area contributed by atoms with Crippen molar-refractivity contribution < 1.29 is 17.9 Å². The minimum absolute atomic E-state index is 0.0569. The molecule has 0 aromatic heterocycles. The first-order chi connectivity index (χ1) is 12.0. The molecule has 7 heteroatoms. The van der Waals surface area contributed by atoms with Crippen LogP contribution in [0.15, 0.2) is 29.2 Å². The summed E-state index contributed by atoms with van der Waals surface area (Å²) in [6.07, 6.45) is 5.63. The Balaban J connectivity index is 1.88. The highest BCUT2D eigenvalue weighted by atomic mass is 32.2. The van der Waals surface area contributed by atoms with E-state index in [0.717, 1.165) is 25.7 Å². The molecule has 1 aromatic rings. The first kappa shape index (κ1) is 19.7. The highest BCUT2D eigenvalue weighted by Gasteiger charge is 2.21. The number of hydrogen-bond donors (Lipinski definition) is 1. The van der Waals surface area contributed by atoms with Crippen LogP contribution in [0.1, 0.15) is 46.0 Å². The number of benzene rings is 1. The van der Waals surface area contributed by atoms with Gasteiger partial charge in [-0.2, -0.15) is 4.31 Å². The second-order valence-electron chi connectivity index (χ2n) is 6.25. The fourth-order valence-electron chi connectivity index (χ4n) is 3.09. The van der Waals surface area contributed by atoms with Gasteiger partial charge in [0.2, 0.25) is 10.0 Å². The molecule has 0 spiro atoms. The van der Waals surface area contributed by atoms with Gasteiger partial charge in [0.25, 0.3) is 5.91 Å². The maximum absolute atomic E-state index is 12.4. The van der Waals surface area contributed by atoms with E-state index in [0.29, 0.717) is 18.8 Å². The average molecular weight is 368 g/mol. The third-order valence-corrected chi connectivity index (χ3v) is 6.57. The number of ether oxygens (including phenoxy) is 1. The number of sulfonamides is 1. The lowest BCUT2D eigenvalue weighted by Crippen LogP contribution is -2.38. The summed E-state index contributed by atoms with van der Waals surface area (Å²) in [5.41, 5.74) is 0. The predicted molar refractivity (Wildman–Crippen MR) is 97.1 cm³/mol. The van der Waals surface area contributed by atoms with Crippen molar-refractivity contribution in [3.05, 3.63) is 24.3 Å². The van der Waals surface area contributed by atoms with E-state index in [1.165, 1.54) is 22.9 Å². The first-order valence-corrected chi connectivity index (χ1v) is 10.4. The van der Waals surface area contributed by atoms with E-state index in [9.17, 15) is 13.2 Å². The molecule has 1 saturated carbocycles. The van der Waals surface area contributed by atoms with Gasteiger partial charge in [-0.3, -0.25) is 4.79 Å². The molecule has 140 valence electrons. The van der Waals surface area contributed by atoms with E-state index >= 15 is 0 Å². The molecule has 0 bridgehead atoms. The van der Waals surface area contributed by atoms with Gasteiger partial charge in [0.15, 0.2) is 6.61 Å². The van der Waals surface area contributed by atoms with Gasteiger partial charge < -0.3 is 10.1 Å². The van der Waals surface area contributed by atoms with Gasteiger partial charge in [0.1, 0.15) is 5.75 Å². The van der Waals surface area contributed by atoms with Crippen LogP contribution in [0.4, 0.5) is 0 Å². The molecule has 1 aliphatic carbocycles. The van der Waals surface area contributed by atoms with Crippen LogP contribution in [0.3, 0.4) is 0 Å². The lowest BCUT2D eigenvalue weighted by Gasteiger charge is -2.22. The van der Waals surface area contributed by atoms with Crippen molar-refractivity contribution in [2.45, 2.75) is 56.9 Å². The molecule has 6 nitrogen and oxygen atoms in total. The second kappa shape index (κ2) is 9.20. The minimum Gasteiger partial charge on any atom is -0.484 e.